The zero-order valence-corrected chi connectivity index (χ0v) is 15.5. The molecule has 0 saturated carbocycles. The fraction of sp³-hybridized carbons (Fsp3) is 0.562. The van der Waals surface area contributed by atoms with E-state index < -0.39 is 0 Å². The van der Waals surface area contributed by atoms with Crippen molar-refractivity contribution in [3.63, 3.8) is 0 Å². The molecule has 0 spiro atoms. The lowest BCUT2D eigenvalue weighted by atomic mass is 9.93. The highest BCUT2D eigenvalue weighted by molar-refractivity contribution is 14.1. The van der Waals surface area contributed by atoms with E-state index in [1.54, 1.807) is 0 Å². The van der Waals surface area contributed by atoms with Crippen LogP contribution in [0.4, 0.5) is 5.69 Å². The first kappa shape index (κ1) is 18.4. The molecule has 0 fully saturated rings. The van der Waals surface area contributed by atoms with Crippen molar-refractivity contribution in [1.82, 2.24) is 4.90 Å². The number of nitrogens with two attached hydrogens (primary N) is 1. The number of hydrogen-bond donors (Lipinski definition) is 2. The van der Waals surface area contributed by atoms with Gasteiger partial charge in [0.05, 0.1) is 6.54 Å². The highest BCUT2D eigenvalue weighted by Crippen LogP contribution is 2.18. The summed E-state index contributed by atoms with van der Waals surface area (Å²) in [5.41, 5.74) is 7.76. The monoisotopic (exact) mass is 403 g/mol. The van der Waals surface area contributed by atoms with Gasteiger partial charge in [0, 0.05) is 15.8 Å². The molecule has 4 nitrogen and oxygen atoms in total. The van der Waals surface area contributed by atoms with Gasteiger partial charge in [-0.25, -0.2) is 0 Å². The standard InChI is InChI=1S/C16H26IN3O/c1-5-20(11-16(3,4)10-18)9-15(21)19-14-7-6-13(17)8-12(14)2/h6-8H,5,9-11,18H2,1-4H3,(H,19,21). The molecular formula is C16H26IN3O. The first-order chi connectivity index (χ1) is 9.77. The number of benzene rings is 1. The quantitative estimate of drug-likeness (QED) is 0.689. The minimum Gasteiger partial charge on any atom is -0.330 e. The topological polar surface area (TPSA) is 58.4 Å². The van der Waals surface area contributed by atoms with Crippen molar-refractivity contribution in [2.24, 2.45) is 11.1 Å². The maximum Gasteiger partial charge on any atom is 0.238 e. The SMILES string of the molecule is CCN(CC(=O)Nc1ccc(I)cc1C)CC(C)(C)CN. The minimum atomic E-state index is 0.0222. The number of halogens is 1. The summed E-state index contributed by atoms with van der Waals surface area (Å²) in [6.45, 7) is 11.0. The molecule has 0 aromatic heterocycles. The second-order valence-electron chi connectivity index (χ2n) is 6.18. The average molecular weight is 403 g/mol. The minimum absolute atomic E-state index is 0.0222. The van der Waals surface area contributed by atoms with E-state index >= 15 is 0 Å². The summed E-state index contributed by atoms with van der Waals surface area (Å²) in [6, 6.07) is 6.01. The molecule has 0 unspecified atom stereocenters. The van der Waals surface area contributed by atoms with E-state index in [1.807, 2.05) is 19.1 Å². The normalized spacial score (nSPS) is 11.8. The Bertz CT molecular complexity index is 488. The Balaban J connectivity index is 2.63. The molecule has 0 aliphatic rings. The van der Waals surface area contributed by atoms with E-state index in [9.17, 15) is 4.79 Å². The molecule has 118 valence electrons. The van der Waals surface area contributed by atoms with Gasteiger partial charge in [-0.3, -0.25) is 9.69 Å². The molecule has 0 bridgehead atoms. The molecule has 3 N–H and O–H groups in total. The van der Waals surface area contributed by atoms with Gasteiger partial charge in [-0.05, 0) is 71.8 Å². The molecule has 0 radical (unpaired) electrons. The molecule has 0 aliphatic heterocycles. The van der Waals surface area contributed by atoms with Crippen molar-refractivity contribution in [2.45, 2.75) is 27.7 Å². The van der Waals surface area contributed by atoms with E-state index in [0.29, 0.717) is 13.1 Å². The zero-order chi connectivity index (χ0) is 16.0. The fourth-order valence-corrected chi connectivity index (χ4v) is 2.76. The summed E-state index contributed by atoms with van der Waals surface area (Å²) in [6.07, 6.45) is 0. The van der Waals surface area contributed by atoms with E-state index in [-0.39, 0.29) is 11.3 Å². The number of carbonyl (C=O) groups excluding carboxylic acids is 1. The molecule has 21 heavy (non-hydrogen) atoms. The number of nitrogens with one attached hydrogen (secondary N) is 1. The van der Waals surface area contributed by atoms with Gasteiger partial charge in [0.1, 0.15) is 0 Å². The number of nitrogens with zero attached hydrogens (tertiary/aromatic N) is 1. The van der Waals surface area contributed by atoms with Crippen LogP contribution in [-0.4, -0.2) is 37.0 Å². The number of carbonyl (C=O) groups is 1. The lowest BCUT2D eigenvalue weighted by Gasteiger charge is -2.30. The van der Waals surface area contributed by atoms with Crippen molar-refractivity contribution < 1.29 is 4.79 Å². The largest absolute Gasteiger partial charge is 0.330 e. The van der Waals surface area contributed by atoms with Crippen molar-refractivity contribution in [2.75, 3.05) is 31.5 Å². The Labute approximate surface area is 141 Å². The van der Waals surface area contributed by atoms with Crippen LogP contribution in [0.2, 0.25) is 0 Å². The van der Waals surface area contributed by atoms with Crippen LogP contribution in [0.25, 0.3) is 0 Å². The van der Waals surface area contributed by atoms with E-state index in [2.05, 4.69) is 59.6 Å². The predicted octanol–water partition coefficient (Wildman–Crippen LogP) is 2.84. The van der Waals surface area contributed by atoms with Gasteiger partial charge in [-0.15, -0.1) is 0 Å². The van der Waals surface area contributed by atoms with Crippen LogP contribution in [-0.2, 0) is 4.79 Å². The summed E-state index contributed by atoms with van der Waals surface area (Å²) in [7, 11) is 0. The molecule has 1 aromatic rings. The molecule has 0 atom stereocenters. The summed E-state index contributed by atoms with van der Waals surface area (Å²) in [4.78, 5) is 14.3. The Hall–Kier alpha value is -0.660. The molecule has 0 heterocycles. The fourth-order valence-electron chi connectivity index (χ4n) is 2.11. The molecule has 0 saturated heterocycles. The first-order valence-electron chi connectivity index (χ1n) is 7.26. The average Bonchev–Trinajstić information content (AvgIpc) is 2.41. The molecule has 1 rings (SSSR count). The van der Waals surface area contributed by atoms with E-state index in [4.69, 9.17) is 5.73 Å². The zero-order valence-electron chi connectivity index (χ0n) is 13.4. The number of hydrogen-bond acceptors (Lipinski definition) is 3. The summed E-state index contributed by atoms with van der Waals surface area (Å²) >= 11 is 2.27. The Morgan fingerprint density at radius 3 is 2.62 bits per heavy atom. The highest BCUT2D eigenvalue weighted by atomic mass is 127. The maximum atomic E-state index is 12.2. The van der Waals surface area contributed by atoms with E-state index in [1.165, 1.54) is 3.57 Å². The van der Waals surface area contributed by atoms with E-state index in [0.717, 1.165) is 24.3 Å². The van der Waals surface area contributed by atoms with Gasteiger partial charge < -0.3 is 11.1 Å². The lowest BCUT2D eigenvalue weighted by molar-refractivity contribution is -0.117. The Morgan fingerprint density at radius 1 is 1.43 bits per heavy atom. The van der Waals surface area contributed by atoms with Crippen molar-refractivity contribution in [3.8, 4) is 0 Å². The second-order valence-corrected chi connectivity index (χ2v) is 7.42. The molecule has 0 aliphatic carbocycles. The van der Waals surface area contributed by atoms with Gasteiger partial charge in [-0.1, -0.05) is 20.8 Å². The van der Waals surface area contributed by atoms with Crippen LogP contribution in [0, 0.1) is 15.9 Å². The van der Waals surface area contributed by atoms with Crippen molar-refractivity contribution in [3.05, 3.63) is 27.3 Å². The predicted molar refractivity (Wildman–Crippen MR) is 97.5 cm³/mol. The maximum absolute atomic E-state index is 12.2. The number of aryl methyl sites for hydroxylation is 1. The highest BCUT2D eigenvalue weighted by Gasteiger charge is 2.21. The molecule has 5 heteroatoms. The first-order valence-corrected chi connectivity index (χ1v) is 8.33. The van der Waals surface area contributed by atoms with Crippen LogP contribution in [0.5, 0.6) is 0 Å². The van der Waals surface area contributed by atoms with Crippen molar-refractivity contribution >= 4 is 34.2 Å². The van der Waals surface area contributed by atoms with Crippen molar-refractivity contribution in [1.29, 1.82) is 0 Å². The number of rotatable bonds is 7. The van der Waals surface area contributed by atoms with Gasteiger partial charge >= 0.3 is 0 Å². The van der Waals surface area contributed by atoms with Crippen LogP contribution in [0.1, 0.15) is 26.3 Å². The third-order valence-corrected chi connectivity index (χ3v) is 4.15. The Morgan fingerprint density at radius 2 is 2.10 bits per heavy atom. The summed E-state index contributed by atoms with van der Waals surface area (Å²) < 4.78 is 1.17. The van der Waals surface area contributed by atoms with Gasteiger partial charge in [0.2, 0.25) is 5.91 Å². The van der Waals surface area contributed by atoms with Crippen LogP contribution in [0.15, 0.2) is 18.2 Å². The number of amides is 1. The van der Waals surface area contributed by atoms with Crippen LogP contribution in [0.3, 0.4) is 0 Å². The van der Waals surface area contributed by atoms with Gasteiger partial charge in [0.15, 0.2) is 0 Å². The lowest BCUT2D eigenvalue weighted by Crippen LogP contribution is -2.42. The smallest absolute Gasteiger partial charge is 0.238 e. The second kappa shape index (κ2) is 8.10. The van der Waals surface area contributed by atoms with Crippen LogP contribution < -0.4 is 11.1 Å². The van der Waals surface area contributed by atoms with Gasteiger partial charge in [0.25, 0.3) is 0 Å². The Kier molecular flexibility index (Phi) is 7.09. The number of likely N-dealkylation sites (N-methyl/N-ethyl adjacent to an activating group) is 1. The third kappa shape index (κ3) is 6.32. The summed E-state index contributed by atoms with van der Waals surface area (Å²) in [5.74, 6) is 0.0222. The molecule has 1 amide bonds. The number of anilines is 1. The third-order valence-electron chi connectivity index (χ3n) is 3.48. The molecular weight excluding hydrogens is 377 g/mol. The van der Waals surface area contributed by atoms with Crippen LogP contribution >= 0.6 is 22.6 Å². The van der Waals surface area contributed by atoms with Gasteiger partial charge in [-0.2, -0.15) is 0 Å². The molecule has 1 aromatic carbocycles. The summed E-state index contributed by atoms with van der Waals surface area (Å²) in [5, 5.41) is 2.99.